The lowest BCUT2D eigenvalue weighted by molar-refractivity contribution is 0.0962. The number of anilines is 2. The molecule has 0 aliphatic heterocycles. The largest absolute Gasteiger partial charge is 0.355 e. The Morgan fingerprint density at radius 2 is 1.43 bits per heavy atom. The van der Waals surface area contributed by atoms with E-state index in [0.29, 0.717) is 11.3 Å². The summed E-state index contributed by atoms with van der Waals surface area (Å²) in [5.41, 5.74) is 1.22. The quantitative estimate of drug-likeness (QED) is 0.562. The van der Waals surface area contributed by atoms with Crippen molar-refractivity contribution in [3.8, 4) is 0 Å². The van der Waals surface area contributed by atoms with Crippen LogP contribution in [0.4, 0.5) is 15.8 Å². The molecule has 2 amide bonds. The maximum atomic E-state index is 13.0. The first-order valence-corrected chi connectivity index (χ1v) is 10.3. The molecule has 3 rings (SSSR count). The predicted octanol–water partition coefficient (Wildman–Crippen LogP) is 3.24. The topological polar surface area (TPSA) is 104 Å². The second-order valence-corrected chi connectivity index (χ2v) is 7.93. The zero-order chi connectivity index (χ0) is 21.7. The molecule has 0 radical (unpaired) electrons. The zero-order valence-electron chi connectivity index (χ0n) is 15.8. The van der Waals surface area contributed by atoms with Gasteiger partial charge in [-0.1, -0.05) is 6.07 Å². The van der Waals surface area contributed by atoms with Crippen molar-refractivity contribution in [2.75, 3.05) is 17.1 Å². The van der Waals surface area contributed by atoms with Gasteiger partial charge in [-0.15, -0.1) is 0 Å². The average molecular weight is 427 g/mol. The Kier molecular flexibility index (Phi) is 6.12. The summed E-state index contributed by atoms with van der Waals surface area (Å²) in [5.74, 6) is -1.25. The number of carbonyl (C=O) groups excluding carboxylic acids is 2. The molecule has 30 heavy (non-hydrogen) atoms. The molecule has 0 aromatic heterocycles. The fourth-order valence-corrected chi connectivity index (χ4v) is 3.69. The highest BCUT2D eigenvalue weighted by Gasteiger charge is 2.17. The molecule has 0 saturated heterocycles. The predicted molar refractivity (Wildman–Crippen MR) is 111 cm³/mol. The summed E-state index contributed by atoms with van der Waals surface area (Å²) in [5, 5.41) is 5.15. The molecule has 3 N–H and O–H groups in total. The highest BCUT2D eigenvalue weighted by Crippen LogP contribution is 2.19. The highest BCUT2D eigenvalue weighted by atomic mass is 32.2. The van der Waals surface area contributed by atoms with E-state index in [1.807, 2.05) is 0 Å². The SMILES string of the molecule is CNC(=O)c1ccc(NC(=O)c2cccc(S(=O)(=O)Nc3ccc(F)cc3)c2)cc1. The van der Waals surface area contributed by atoms with Crippen LogP contribution in [0.3, 0.4) is 0 Å². The van der Waals surface area contributed by atoms with Gasteiger partial charge in [0.05, 0.1) is 4.90 Å². The van der Waals surface area contributed by atoms with Crippen LogP contribution in [-0.2, 0) is 10.0 Å². The monoisotopic (exact) mass is 427 g/mol. The maximum absolute atomic E-state index is 13.0. The number of nitrogens with one attached hydrogen (secondary N) is 3. The van der Waals surface area contributed by atoms with Gasteiger partial charge >= 0.3 is 0 Å². The Hall–Kier alpha value is -3.72. The van der Waals surface area contributed by atoms with Crippen molar-refractivity contribution >= 4 is 33.2 Å². The van der Waals surface area contributed by atoms with Crippen LogP contribution in [0.15, 0.2) is 77.7 Å². The number of rotatable bonds is 6. The Bertz CT molecular complexity index is 1180. The van der Waals surface area contributed by atoms with Crippen LogP contribution in [0.5, 0.6) is 0 Å². The van der Waals surface area contributed by atoms with E-state index in [0.717, 1.165) is 12.1 Å². The fourth-order valence-electron chi connectivity index (χ4n) is 2.59. The van der Waals surface area contributed by atoms with Gasteiger partial charge in [-0.3, -0.25) is 14.3 Å². The van der Waals surface area contributed by atoms with Gasteiger partial charge in [-0.2, -0.15) is 0 Å². The Balaban J connectivity index is 1.76. The fraction of sp³-hybridized carbons (Fsp3) is 0.0476. The van der Waals surface area contributed by atoms with Crippen LogP contribution in [-0.4, -0.2) is 27.3 Å². The molecule has 0 bridgehead atoms. The standard InChI is InChI=1S/C21H18FN3O4S/c1-23-20(26)14-5-9-17(10-6-14)24-21(27)15-3-2-4-19(13-15)30(28,29)25-18-11-7-16(22)8-12-18/h2-13,25H,1H3,(H,23,26)(H,24,27). The van der Waals surface area contributed by atoms with Crippen molar-refractivity contribution in [3.05, 3.63) is 89.7 Å². The van der Waals surface area contributed by atoms with E-state index in [1.165, 1.54) is 43.4 Å². The van der Waals surface area contributed by atoms with Crippen molar-refractivity contribution in [3.63, 3.8) is 0 Å². The van der Waals surface area contributed by atoms with Crippen molar-refractivity contribution in [1.29, 1.82) is 0 Å². The molecule has 0 unspecified atom stereocenters. The number of sulfonamides is 1. The van der Waals surface area contributed by atoms with Gasteiger partial charge in [0.1, 0.15) is 5.82 Å². The molecule has 0 aliphatic rings. The average Bonchev–Trinajstić information content (AvgIpc) is 2.75. The maximum Gasteiger partial charge on any atom is 0.261 e. The second kappa shape index (κ2) is 8.75. The van der Waals surface area contributed by atoms with E-state index in [-0.39, 0.29) is 22.1 Å². The van der Waals surface area contributed by atoms with Crippen LogP contribution in [0.1, 0.15) is 20.7 Å². The first-order valence-electron chi connectivity index (χ1n) is 8.80. The first-order chi connectivity index (χ1) is 14.3. The molecule has 0 heterocycles. The Morgan fingerprint density at radius 3 is 2.07 bits per heavy atom. The zero-order valence-corrected chi connectivity index (χ0v) is 16.7. The number of halogens is 1. The molecule has 0 atom stereocenters. The third-order valence-electron chi connectivity index (χ3n) is 4.13. The molecule has 0 fully saturated rings. The minimum atomic E-state index is -3.97. The van der Waals surface area contributed by atoms with Gasteiger partial charge in [0.2, 0.25) is 0 Å². The summed E-state index contributed by atoms with van der Waals surface area (Å²) < 4.78 is 40.5. The van der Waals surface area contributed by atoms with E-state index in [1.54, 1.807) is 24.3 Å². The molecular weight excluding hydrogens is 409 g/mol. The Labute approximate surface area is 173 Å². The number of hydrogen-bond acceptors (Lipinski definition) is 4. The summed E-state index contributed by atoms with van der Waals surface area (Å²) in [6, 6.07) is 16.6. The molecule has 9 heteroatoms. The van der Waals surface area contributed by atoms with Gasteiger partial charge in [-0.25, -0.2) is 12.8 Å². The van der Waals surface area contributed by atoms with Crippen molar-refractivity contribution < 1.29 is 22.4 Å². The number of carbonyl (C=O) groups is 2. The third-order valence-corrected chi connectivity index (χ3v) is 5.51. The van der Waals surface area contributed by atoms with E-state index >= 15 is 0 Å². The van der Waals surface area contributed by atoms with Crippen LogP contribution >= 0.6 is 0 Å². The lowest BCUT2D eigenvalue weighted by Crippen LogP contribution is -2.18. The van der Waals surface area contributed by atoms with Crippen LogP contribution in [0.2, 0.25) is 0 Å². The van der Waals surface area contributed by atoms with Crippen molar-refractivity contribution in [1.82, 2.24) is 5.32 Å². The smallest absolute Gasteiger partial charge is 0.261 e. The highest BCUT2D eigenvalue weighted by molar-refractivity contribution is 7.92. The molecule has 0 spiro atoms. The Morgan fingerprint density at radius 1 is 0.800 bits per heavy atom. The summed E-state index contributed by atoms with van der Waals surface area (Å²) in [7, 11) is -2.45. The summed E-state index contributed by atoms with van der Waals surface area (Å²) in [6.07, 6.45) is 0. The van der Waals surface area contributed by atoms with Crippen LogP contribution in [0, 0.1) is 5.82 Å². The lowest BCUT2D eigenvalue weighted by atomic mass is 10.1. The summed E-state index contributed by atoms with van der Waals surface area (Å²) in [4.78, 5) is 24.0. The lowest BCUT2D eigenvalue weighted by Gasteiger charge is -2.10. The first kappa shape index (κ1) is 21.0. The van der Waals surface area contributed by atoms with E-state index in [9.17, 15) is 22.4 Å². The van der Waals surface area contributed by atoms with Gasteiger partial charge in [-0.05, 0) is 66.7 Å². The number of amides is 2. The van der Waals surface area contributed by atoms with Crippen molar-refractivity contribution in [2.45, 2.75) is 4.90 Å². The summed E-state index contributed by atoms with van der Waals surface area (Å²) in [6.45, 7) is 0. The molecule has 3 aromatic rings. The normalized spacial score (nSPS) is 10.9. The van der Waals surface area contributed by atoms with E-state index in [2.05, 4.69) is 15.4 Å². The third kappa shape index (κ3) is 5.00. The molecule has 0 aliphatic carbocycles. The van der Waals surface area contributed by atoms with Gasteiger partial charge in [0, 0.05) is 29.5 Å². The minimum Gasteiger partial charge on any atom is -0.355 e. The summed E-state index contributed by atoms with van der Waals surface area (Å²) >= 11 is 0. The van der Waals surface area contributed by atoms with Gasteiger partial charge in [0.15, 0.2) is 0 Å². The number of hydrogen-bond donors (Lipinski definition) is 3. The van der Waals surface area contributed by atoms with Crippen molar-refractivity contribution in [2.24, 2.45) is 0 Å². The molecule has 3 aromatic carbocycles. The van der Waals surface area contributed by atoms with E-state index in [4.69, 9.17) is 0 Å². The van der Waals surface area contributed by atoms with E-state index < -0.39 is 21.7 Å². The molecule has 7 nitrogen and oxygen atoms in total. The van der Waals surface area contributed by atoms with Crippen LogP contribution < -0.4 is 15.4 Å². The second-order valence-electron chi connectivity index (χ2n) is 6.25. The van der Waals surface area contributed by atoms with Crippen LogP contribution in [0.25, 0.3) is 0 Å². The molecule has 0 saturated carbocycles. The van der Waals surface area contributed by atoms with Gasteiger partial charge < -0.3 is 10.6 Å². The minimum absolute atomic E-state index is 0.116. The molecular formula is C21H18FN3O4S. The van der Waals surface area contributed by atoms with Gasteiger partial charge in [0.25, 0.3) is 21.8 Å². The molecule has 154 valence electrons. The number of benzene rings is 3.